The van der Waals surface area contributed by atoms with Crippen LogP contribution < -0.4 is 5.32 Å². The summed E-state index contributed by atoms with van der Waals surface area (Å²) in [5.41, 5.74) is -0.781. The second-order valence-electron chi connectivity index (χ2n) is 6.29. The molecule has 1 aromatic heterocycles. The van der Waals surface area contributed by atoms with Crippen LogP contribution in [-0.2, 0) is 16.0 Å². The van der Waals surface area contributed by atoms with Crippen LogP contribution in [0.1, 0.15) is 50.8 Å². The maximum Gasteiger partial charge on any atom is 0.245 e. The minimum atomic E-state index is -0.781. The number of carbonyl (C=O) groups is 2. The molecular weight excluding hydrogens is 296 g/mol. The van der Waals surface area contributed by atoms with Gasteiger partial charge in [-0.1, -0.05) is 25.8 Å². The molecule has 0 aromatic carbocycles. The zero-order valence-electron chi connectivity index (χ0n) is 13.7. The quantitative estimate of drug-likeness (QED) is 0.875. The Bertz CT molecular complexity index is 509. The van der Waals surface area contributed by atoms with Crippen molar-refractivity contribution in [2.75, 3.05) is 7.05 Å². The molecule has 0 spiro atoms. The van der Waals surface area contributed by atoms with Crippen molar-refractivity contribution in [2.24, 2.45) is 0 Å². The zero-order chi connectivity index (χ0) is 16.2. The molecule has 1 unspecified atom stereocenters. The van der Waals surface area contributed by atoms with Crippen LogP contribution >= 0.6 is 11.3 Å². The van der Waals surface area contributed by atoms with Gasteiger partial charge in [-0.15, -0.1) is 11.3 Å². The van der Waals surface area contributed by atoms with Crippen molar-refractivity contribution in [3.63, 3.8) is 0 Å². The average molecular weight is 322 g/mol. The van der Waals surface area contributed by atoms with Crippen molar-refractivity contribution in [3.8, 4) is 0 Å². The van der Waals surface area contributed by atoms with Crippen LogP contribution in [0.2, 0.25) is 0 Å². The number of hydrogen-bond acceptors (Lipinski definition) is 3. The van der Waals surface area contributed by atoms with Crippen molar-refractivity contribution in [1.82, 2.24) is 10.2 Å². The predicted octanol–water partition coefficient (Wildman–Crippen LogP) is 2.98. The molecule has 22 heavy (non-hydrogen) atoms. The Morgan fingerprint density at radius 3 is 2.64 bits per heavy atom. The fourth-order valence-electron chi connectivity index (χ4n) is 2.92. The number of rotatable bonds is 6. The van der Waals surface area contributed by atoms with Gasteiger partial charge in [0.2, 0.25) is 11.8 Å². The van der Waals surface area contributed by atoms with E-state index >= 15 is 0 Å². The molecule has 1 heterocycles. The molecule has 0 aliphatic heterocycles. The fraction of sp³-hybridized carbons (Fsp3) is 0.647. The van der Waals surface area contributed by atoms with Gasteiger partial charge in [-0.05, 0) is 37.6 Å². The van der Waals surface area contributed by atoms with E-state index in [1.165, 1.54) is 12.8 Å². The molecule has 1 fully saturated rings. The molecule has 1 N–H and O–H groups in total. The zero-order valence-corrected chi connectivity index (χ0v) is 14.5. The maximum absolute atomic E-state index is 12.7. The first-order valence-corrected chi connectivity index (χ1v) is 8.95. The SMILES string of the molecule is CCC(C)(C(=O)NC1CCCC1)N(C)C(=O)Cc1cccs1. The predicted molar refractivity (Wildman–Crippen MR) is 89.9 cm³/mol. The Morgan fingerprint density at radius 2 is 2.09 bits per heavy atom. The lowest BCUT2D eigenvalue weighted by atomic mass is 9.94. The summed E-state index contributed by atoms with van der Waals surface area (Å²) >= 11 is 1.57. The van der Waals surface area contributed by atoms with E-state index in [-0.39, 0.29) is 17.9 Å². The van der Waals surface area contributed by atoms with Crippen molar-refractivity contribution >= 4 is 23.2 Å². The largest absolute Gasteiger partial charge is 0.351 e. The number of nitrogens with one attached hydrogen (secondary N) is 1. The fourth-order valence-corrected chi connectivity index (χ4v) is 3.61. The monoisotopic (exact) mass is 322 g/mol. The van der Waals surface area contributed by atoms with Crippen molar-refractivity contribution in [3.05, 3.63) is 22.4 Å². The molecule has 1 aliphatic carbocycles. The van der Waals surface area contributed by atoms with Crippen LogP contribution in [0.15, 0.2) is 17.5 Å². The first-order chi connectivity index (χ1) is 10.5. The third kappa shape index (κ3) is 3.69. The van der Waals surface area contributed by atoms with Gasteiger partial charge in [0.15, 0.2) is 0 Å². The first kappa shape index (κ1) is 17.0. The molecule has 1 atom stereocenters. The van der Waals surface area contributed by atoms with Crippen LogP contribution in [0, 0.1) is 0 Å². The van der Waals surface area contributed by atoms with Gasteiger partial charge in [0, 0.05) is 18.0 Å². The Labute approximate surface area is 136 Å². The number of thiophene rings is 1. The van der Waals surface area contributed by atoms with E-state index in [4.69, 9.17) is 0 Å². The van der Waals surface area contributed by atoms with Crippen LogP contribution in [0.25, 0.3) is 0 Å². The van der Waals surface area contributed by atoms with Gasteiger partial charge < -0.3 is 10.2 Å². The number of carbonyl (C=O) groups excluding carboxylic acids is 2. The second kappa shape index (κ2) is 7.27. The summed E-state index contributed by atoms with van der Waals surface area (Å²) in [4.78, 5) is 27.9. The van der Waals surface area contributed by atoms with Crippen molar-refractivity contribution < 1.29 is 9.59 Å². The normalized spacial score (nSPS) is 18.0. The van der Waals surface area contributed by atoms with Gasteiger partial charge in [0.1, 0.15) is 5.54 Å². The van der Waals surface area contributed by atoms with Crippen LogP contribution in [-0.4, -0.2) is 35.3 Å². The highest BCUT2D eigenvalue weighted by atomic mass is 32.1. The van der Waals surface area contributed by atoms with E-state index in [9.17, 15) is 9.59 Å². The second-order valence-corrected chi connectivity index (χ2v) is 7.32. The summed E-state index contributed by atoms with van der Waals surface area (Å²) in [5, 5.41) is 5.10. The van der Waals surface area contributed by atoms with E-state index in [1.54, 1.807) is 23.3 Å². The smallest absolute Gasteiger partial charge is 0.245 e. The summed E-state index contributed by atoms with van der Waals surface area (Å²) in [6.45, 7) is 3.83. The molecule has 1 saturated carbocycles. The van der Waals surface area contributed by atoms with Crippen molar-refractivity contribution in [1.29, 1.82) is 0 Å². The van der Waals surface area contributed by atoms with Crippen LogP contribution in [0.3, 0.4) is 0 Å². The van der Waals surface area contributed by atoms with E-state index in [1.807, 2.05) is 31.4 Å². The third-order valence-electron chi connectivity index (χ3n) is 4.89. The van der Waals surface area contributed by atoms with Crippen LogP contribution in [0.5, 0.6) is 0 Å². The van der Waals surface area contributed by atoms with Gasteiger partial charge in [-0.3, -0.25) is 9.59 Å². The molecule has 0 bridgehead atoms. The molecule has 122 valence electrons. The molecule has 4 nitrogen and oxygen atoms in total. The van der Waals surface area contributed by atoms with Gasteiger partial charge in [-0.25, -0.2) is 0 Å². The lowest BCUT2D eigenvalue weighted by molar-refractivity contribution is -0.145. The van der Waals surface area contributed by atoms with E-state index in [0.717, 1.165) is 17.7 Å². The highest BCUT2D eigenvalue weighted by molar-refractivity contribution is 7.10. The molecule has 2 rings (SSSR count). The number of nitrogens with zero attached hydrogens (tertiary/aromatic N) is 1. The molecule has 0 radical (unpaired) electrons. The van der Waals surface area contributed by atoms with Gasteiger partial charge in [-0.2, -0.15) is 0 Å². The summed E-state index contributed by atoms with van der Waals surface area (Å²) < 4.78 is 0. The minimum absolute atomic E-state index is 0.00614. The standard InChI is InChI=1S/C17H26N2O2S/c1-4-17(2,16(21)18-13-8-5-6-9-13)19(3)15(20)12-14-10-7-11-22-14/h7,10-11,13H,4-6,8-9,12H2,1-3H3,(H,18,21). The molecule has 0 saturated heterocycles. The topological polar surface area (TPSA) is 49.4 Å². The van der Waals surface area contributed by atoms with E-state index < -0.39 is 5.54 Å². The third-order valence-corrected chi connectivity index (χ3v) is 5.76. The Morgan fingerprint density at radius 1 is 1.41 bits per heavy atom. The average Bonchev–Trinajstić information content (AvgIpc) is 3.19. The Kier molecular flexibility index (Phi) is 5.62. The molecule has 5 heteroatoms. The number of amides is 2. The van der Waals surface area contributed by atoms with E-state index in [2.05, 4.69) is 5.32 Å². The Balaban J connectivity index is 2.02. The Hall–Kier alpha value is -1.36. The summed E-state index contributed by atoms with van der Waals surface area (Å²) in [7, 11) is 1.74. The van der Waals surface area contributed by atoms with Crippen molar-refractivity contribution in [2.45, 2.75) is 64.0 Å². The molecular formula is C17H26N2O2S. The number of hydrogen-bond donors (Lipinski definition) is 1. The van der Waals surface area contributed by atoms with Gasteiger partial charge in [0.25, 0.3) is 0 Å². The first-order valence-electron chi connectivity index (χ1n) is 8.07. The summed E-state index contributed by atoms with van der Waals surface area (Å²) in [5.74, 6) is -0.0303. The highest BCUT2D eigenvalue weighted by Crippen LogP contribution is 2.23. The van der Waals surface area contributed by atoms with Gasteiger partial charge >= 0.3 is 0 Å². The lowest BCUT2D eigenvalue weighted by Crippen LogP contribution is -2.58. The minimum Gasteiger partial charge on any atom is -0.351 e. The summed E-state index contributed by atoms with van der Waals surface area (Å²) in [6, 6.07) is 4.18. The van der Waals surface area contributed by atoms with Crippen LogP contribution in [0.4, 0.5) is 0 Å². The maximum atomic E-state index is 12.7. The van der Waals surface area contributed by atoms with Gasteiger partial charge in [0.05, 0.1) is 6.42 Å². The molecule has 2 amide bonds. The molecule has 1 aliphatic rings. The number of likely N-dealkylation sites (N-methyl/N-ethyl adjacent to an activating group) is 1. The lowest BCUT2D eigenvalue weighted by Gasteiger charge is -2.37. The molecule has 1 aromatic rings. The van der Waals surface area contributed by atoms with E-state index in [0.29, 0.717) is 12.8 Å². The highest BCUT2D eigenvalue weighted by Gasteiger charge is 2.39. The summed E-state index contributed by atoms with van der Waals surface area (Å²) in [6.07, 6.45) is 5.44.